The lowest BCUT2D eigenvalue weighted by Crippen LogP contribution is -1.98. The first-order valence-electron chi connectivity index (χ1n) is 4.98. The summed E-state index contributed by atoms with van der Waals surface area (Å²) in [7, 11) is 2.36. The van der Waals surface area contributed by atoms with Crippen LogP contribution in [0.2, 0.25) is 0 Å². The molecule has 0 atom stereocenters. The standard InChI is InChI=1S/C12H7FN2S2/c13-11-12(16-17-15-11)14-10-7-3-5-8-4-1-2-6-9(8)10/h1-7H/b14-12+. The van der Waals surface area contributed by atoms with Gasteiger partial charge >= 0.3 is 0 Å². The van der Waals surface area contributed by atoms with Crippen LogP contribution < -0.4 is 4.67 Å². The van der Waals surface area contributed by atoms with Crippen LogP contribution in [0.15, 0.2) is 47.5 Å². The monoisotopic (exact) mass is 262 g/mol. The van der Waals surface area contributed by atoms with Gasteiger partial charge in [-0.25, -0.2) is 4.99 Å². The Morgan fingerprint density at radius 1 is 1.06 bits per heavy atom. The average molecular weight is 262 g/mol. The van der Waals surface area contributed by atoms with Crippen LogP contribution in [0.25, 0.3) is 10.8 Å². The first-order valence-corrected chi connectivity index (χ1v) is 7.09. The predicted molar refractivity (Wildman–Crippen MR) is 69.1 cm³/mol. The van der Waals surface area contributed by atoms with Gasteiger partial charge in [0, 0.05) is 15.9 Å². The van der Waals surface area contributed by atoms with Crippen molar-refractivity contribution in [3.05, 3.63) is 53.1 Å². The summed E-state index contributed by atoms with van der Waals surface area (Å²) in [5.41, 5.74) is 0.776. The van der Waals surface area contributed by atoms with Gasteiger partial charge in [0.15, 0.2) is 4.67 Å². The van der Waals surface area contributed by atoms with Crippen molar-refractivity contribution in [1.82, 2.24) is 4.37 Å². The third-order valence-corrected chi connectivity index (χ3v) is 4.05. The molecule has 2 aromatic carbocycles. The Labute approximate surface area is 104 Å². The highest BCUT2D eigenvalue weighted by atomic mass is 32.9. The molecule has 0 N–H and O–H groups in total. The predicted octanol–water partition coefficient (Wildman–Crippen LogP) is 3.73. The molecule has 5 heteroatoms. The number of halogens is 1. The molecule has 0 radical (unpaired) electrons. The van der Waals surface area contributed by atoms with E-state index in [9.17, 15) is 4.39 Å². The maximum atomic E-state index is 13.3. The minimum atomic E-state index is -0.493. The number of rotatable bonds is 1. The Morgan fingerprint density at radius 2 is 1.88 bits per heavy atom. The van der Waals surface area contributed by atoms with E-state index in [4.69, 9.17) is 0 Å². The highest BCUT2D eigenvalue weighted by molar-refractivity contribution is 7.65. The van der Waals surface area contributed by atoms with E-state index < -0.39 is 5.95 Å². The highest BCUT2D eigenvalue weighted by Gasteiger charge is 2.02. The SMILES string of the molecule is Fc1nss/c1=N/c1cccc2ccccc12. The van der Waals surface area contributed by atoms with Gasteiger partial charge in [-0.1, -0.05) is 36.4 Å². The second-order valence-corrected chi connectivity index (χ2v) is 5.29. The van der Waals surface area contributed by atoms with Crippen LogP contribution in [0.5, 0.6) is 0 Å². The molecule has 0 fully saturated rings. The average Bonchev–Trinajstić information content (AvgIpc) is 2.76. The summed E-state index contributed by atoms with van der Waals surface area (Å²) in [5, 5.41) is 2.12. The van der Waals surface area contributed by atoms with E-state index >= 15 is 0 Å². The Balaban J connectivity index is 2.29. The zero-order valence-corrected chi connectivity index (χ0v) is 10.3. The summed E-state index contributed by atoms with van der Waals surface area (Å²) in [6, 6.07) is 13.7. The van der Waals surface area contributed by atoms with E-state index in [-0.39, 0.29) is 0 Å². The summed E-state index contributed by atoms with van der Waals surface area (Å²) in [6.45, 7) is 0. The fourth-order valence-electron chi connectivity index (χ4n) is 1.64. The quantitative estimate of drug-likeness (QED) is 0.613. The third kappa shape index (κ3) is 1.99. The van der Waals surface area contributed by atoms with E-state index in [1.54, 1.807) is 0 Å². The number of nitrogens with zero attached hydrogens (tertiary/aromatic N) is 2. The lowest BCUT2D eigenvalue weighted by Gasteiger charge is -1.99. The van der Waals surface area contributed by atoms with Crippen molar-refractivity contribution in [2.24, 2.45) is 4.99 Å². The van der Waals surface area contributed by atoms with Crippen LogP contribution in [0, 0.1) is 5.95 Å². The molecule has 1 heterocycles. The van der Waals surface area contributed by atoms with E-state index in [0.717, 1.165) is 27.0 Å². The van der Waals surface area contributed by atoms with Gasteiger partial charge in [-0.15, -0.1) is 4.37 Å². The number of hydrogen-bond donors (Lipinski definition) is 0. The van der Waals surface area contributed by atoms with Crippen molar-refractivity contribution >= 4 is 37.3 Å². The number of hydrogen-bond acceptors (Lipinski definition) is 4. The molecular weight excluding hydrogens is 255 g/mol. The first kappa shape index (κ1) is 10.6. The topological polar surface area (TPSA) is 25.2 Å². The van der Waals surface area contributed by atoms with Crippen molar-refractivity contribution in [2.45, 2.75) is 0 Å². The van der Waals surface area contributed by atoms with Gasteiger partial charge in [-0.05, 0) is 21.8 Å². The maximum absolute atomic E-state index is 13.3. The van der Waals surface area contributed by atoms with Crippen molar-refractivity contribution in [3.8, 4) is 0 Å². The second kappa shape index (κ2) is 4.35. The smallest absolute Gasteiger partial charge is 0.232 e. The molecule has 0 saturated carbocycles. The van der Waals surface area contributed by atoms with Gasteiger partial charge in [-0.3, -0.25) is 0 Å². The minimum Gasteiger partial charge on any atom is -0.232 e. The molecule has 2 nitrogen and oxygen atoms in total. The zero-order valence-electron chi connectivity index (χ0n) is 8.63. The molecule has 0 amide bonds. The van der Waals surface area contributed by atoms with Crippen molar-refractivity contribution < 1.29 is 4.39 Å². The normalized spacial score (nSPS) is 12.2. The number of fused-ring (bicyclic) bond motifs is 1. The van der Waals surface area contributed by atoms with Crippen molar-refractivity contribution in [1.29, 1.82) is 0 Å². The van der Waals surface area contributed by atoms with Crippen LogP contribution in [-0.4, -0.2) is 4.37 Å². The van der Waals surface area contributed by atoms with Crippen LogP contribution in [-0.2, 0) is 0 Å². The van der Waals surface area contributed by atoms with Crippen molar-refractivity contribution in [2.75, 3.05) is 0 Å². The molecule has 0 aliphatic carbocycles. The van der Waals surface area contributed by atoms with E-state index in [1.807, 2.05) is 42.5 Å². The summed E-state index contributed by atoms with van der Waals surface area (Å²) >= 11 is 0. The highest BCUT2D eigenvalue weighted by Crippen LogP contribution is 2.25. The van der Waals surface area contributed by atoms with Crippen LogP contribution in [0.3, 0.4) is 0 Å². The zero-order chi connectivity index (χ0) is 11.7. The van der Waals surface area contributed by atoms with Crippen LogP contribution >= 0.6 is 20.9 Å². The molecule has 17 heavy (non-hydrogen) atoms. The molecule has 84 valence electrons. The Morgan fingerprint density at radius 3 is 2.71 bits per heavy atom. The molecule has 0 bridgehead atoms. The number of aromatic nitrogens is 1. The van der Waals surface area contributed by atoms with Gasteiger partial charge in [0.1, 0.15) is 0 Å². The van der Waals surface area contributed by atoms with Gasteiger partial charge in [0.25, 0.3) is 5.95 Å². The summed E-state index contributed by atoms with van der Waals surface area (Å²) in [5.74, 6) is -0.493. The molecule has 3 rings (SSSR count). The lowest BCUT2D eigenvalue weighted by molar-refractivity contribution is 0.587. The fraction of sp³-hybridized carbons (Fsp3) is 0. The largest absolute Gasteiger partial charge is 0.261 e. The molecular formula is C12H7FN2S2. The molecule has 0 unspecified atom stereocenters. The third-order valence-electron chi connectivity index (χ3n) is 2.40. The van der Waals surface area contributed by atoms with Crippen LogP contribution in [0.4, 0.5) is 10.1 Å². The molecule has 0 aliphatic heterocycles. The Hall–Kier alpha value is -1.59. The lowest BCUT2D eigenvalue weighted by atomic mass is 10.1. The number of benzene rings is 2. The van der Waals surface area contributed by atoms with E-state index in [2.05, 4.69) is 9.37 Å². The second-order valence-electron chi connectivity index (χ2n) is 3.46. The van der Waals surface area contributed by atoms with Crippen molar-refractivity contribution in [3.63, 3.8) is 0 Å². The molecule has 0 saturated heterocycles. The summed E-state index contributed by atoms with van der Waals surface area (Å²) < 4.78 is 17.2. The molecule has 3 aromatic rings. The first-order chi connectivity index (χ1) is 8.34. The Kier molecular flexibility index (Phi) is 2.70. The van der Waals surface area contributed by atoms with Gasteiger partial charge in [-0.2, -0.15) is 4.39 Å². The molecule has 0 spiro atoms. The van der Waals surface area contributed by atoms with E-state index in [1.165, 1.54) is 10.3 Å². The maximum Gasteiger partial charge on any atom is 0.261 e. The van der Waals surface area contributed by atoms with Gasteiger partial charge < -0.3 is 0 Å². The van der Waals surface area contributed by atoms with Crippen LogP contribution in [0.1, 0.15) is 0 Å². The van der Waals surface area contributed by atoms with Gasteiger partial charge in [0.05, 0.1) is 5.69 Å². The molecule has 1 aromatic heterocycles. The summed E-state index contributed by atoms with van der Waals surface area (Å²) in [6.07, 6.45) is 0. The van der Waals surface area contributed by atoms with E-state index in [0.29, 0.717) is 4.67 Å². The Bertz CT molecular complexity index is 725. The summed E-state index contributed by atoms with van der Waals surface area (Å²) in [4.78, 5) is 4.32. The van der Waals surface area contributed by atoms with Gasteiger partial charge in [0.2, 0.25) is 0 Å². The minimum absolute atomic E-state index is 0.339. The fourth-order valence-corrected chi connectivity index (χ4v) is 3.05. The molecule has 0 aliphatic rings.